The highest BCUT2D eigenvalue weighted by Gasteiger charge is 2.38. The fourth-order valence-electron chi connectivity index (χ4n) is 3.08. The smallest absolute Gasteiger partial charge is 0.113 e. The molecule has 0 unspecified atom stereocenters. The van der Waals surface area contributed by atoms with Crippen molar-refractivity contribution in [2.24, 2.45) is 5.41 Å². The highest BCUT2D eigenvalue weighted by molar-refractivity contribution is 7.15. The molecular formula is C12H18ClN3S. The van der Waals surface area contributed by atoms with Crippen LogP contribution in [0.5, 0.6) is 0 Å². The summed E-state index contributed by atoms with van der Waals surface area (Å²) >= 11 is 7.53. The summed E-state index contributed by atoms with van der Waals surface area (Å²) in [7, 11) is 0. The first kappa shape index (κ1) is 11.9. The zero-order chi connectivity index (χ0) is 11.7. The number of piperidine rings is 1. The molecule has 3 nitrogen and oxygen atoms in total. The van der Waals surface area contributed by atoms with Gasteiger partial charge in [0.05, 0.1) is 12.7 Å². The van der Waals surface area contributed by atoms with Gasteiger partial charge in [-0.15, -0.1) is 11.3 Å². The van der Waals surface area contributed by atoms with E-state index >= 15 is 0 Å². The van der Waals surface area contributed by atoms with Gasteiger partial charge in [0, 0.05) is 6.54 Å². The second-order valence-corrected chi connectivity index (χ2v) is 7.02. The van der Waals surface area contributed by atoms with E-state index in [1.54, 1.807) is 17.5 Å². The molecule has 0 aliphatic carbocycles. The fourth-order valence-corrected chi connectivity index (χ4v) is 4.08. The number of nitrogens with zero attached hydrogens (tertiary/aromatic N) is 2. The summed E-state index contributed by atoms with van der Waals surface area (Å²) in [6.07, 6.45) is 5.79. The van der Waals surface area contributed by atoms with Gasteiger partial charge < -0.3 is 5.32 Å². The Kier molecular flexibility index (Phi) is 3.39. The van der Waals surface area contributed by atoms with Gasteiger partial charge in [-0.05, 0) is 44.3 Å². The third kappa shape index (κ3) is 2.65. The molecule has 0 atom stereocenters. The predicted octanol–water partition coefficient (Wildman–Crippen LogP) is 2.37. The number of aromatic nitrogens is 1. The van der Waals surface area contributed by atoms with Gasteiger partial charge in [-0.3, -0.25) is 4.90 Å². The third-order valence-corrected chi connectivity index (χ3v) is 5.17. The maximum atomic E-state index is 5.92. The molecule has 0 aromatic carbocycles. The maximum absolute atomic E-state index is 5.92. The average Bonchev–Trinajstić information content (AvgIpc) is 2.89. The van der Waals surface area contributed by atoms with Crippen LogP contribution in [0.3, 0.4) is 0 Å². The van der Waals surface area contributed by atoms with Crippen molar-refractivity contribution < 1.29 is 0 Å². The van der Waals surface area contributed by atoms with Crippen molar-refractivity contribution in [2.45, 2.75) is 25.8 Å². The minimum atomic E-state index is 0.590. The van der Waals surface area contributed by atoms with Crippen molar-refractivity contribution in [1.82, 2.24) is 15.2 Å². The number of halogens is 1. The molecule has 0 amide bonds. The summed E-state index contributed by atoms with van der Waals surface area (Å²) in [5, 5.41) is 4.61. The molecule has 2 saturated heterocycles. The van der Waals surface area contributed by atoms with Crippen LogP contribution in [0.2, 0.25) is 4.34 Å². The van der Waals surface area contributed by atoms with Crippen LogP contribution in [0.4, 0.5) is 0 Å². The lowest BCUT2D eigenvalue weighted by atomic mass is 9.78. The maximum Gasteiger partial charge on any atom is 0.113 e. The lowest BCUT2D eigenvalue weighted by Gasteiger charge is -2.33. The minimum Gasteiger partial charge on any atom is -0.317 e. The molecule has 1 N–H and O–H groups in total. The molecule has 2 fully saturated rings. The Morgan fingerprint density at radius 1 is 1.41 bits per heavy atom. The van der Waals surface area contributed by atoms with E-state index in [4.69, 9.17) is 11.6 Å². The molecule has 3 heterocycles. The molecule has 1 spiro atoms. The van der Waals surface area contributed by atoms with Gasteiger partial charge in [0.2, 0.25) is 0 Å². The summed E-state index contributed by atoms with van der Waals surface area (Å²) in [6, 6.07) is 0. The summed E-state index contributed by atoms with van der Waals surface area (Å²) in [6.45, 7) is 5.82. The first-order chi connectivity index (χ1) is 8.26. The average molecular weight is 272 g/mol. The van der Waals surface area contributed by atoms with Crippen LogP contribution in [-0.4, -0.2) is 36.1 Å². The van der Waals surface area contributed by atoms with Crippen molar-refractivity contribution in [3.8, 4) is 0 Å². The molecule has 94 valence electrons. The molecule has 2 aliphatic rings. The van der Waals surface area contributed by atoms with E-state index in [9.17, 15) is 0 Å². The summed E-state index contributed by atoms with van der Waals surface area (Å²) in [5.74, 6) is 0. The van der Waals surface area contributed by atoms with Crippen LogP contribution in [0.1, 0.15) is 24.3 Å². The first-order valence-corrected chi connectivity index (χ1v) is 7.49. The Balaban J connectivity index is 1.60. The van der Waals surface area contributed by atoms with Crippen LogP contribution in [0.15, 0.2) is 6.20 Å². The summed E-state index contributed by atoms with van der Waals surface area (Å²) < 4.78 is 0.802. The largest absolute Gasteiger partial charge is 0.317 e. The van der Waals surface area contributed by atoms with Crippen molar-refractivity contribution in [3.63, 3.8) is 0 Å². The van der Waals surface area contributed by atoms with E-state index in [1.165, 1.54) is 45.4 Å². The number of likely N-dealkylation sites (tertiary alicyclic amines) is 1. The van der Waals surface area contributed by atoms with E-state index < -0.39 is 0 Å². The molecule has 0 radical (unpaired) electrons. The highest BCUT2D eigenvalue weighted by Crippen LogP contribution is 2.39. The zero-order valence-corrected chi connectivity index (χ0v) is 11.5. The van der Waals surface area contributed by atoms with Gasteiger partial charge in [-0.1, -0.05) is 11.6 Å². The van der Waals surface area contributed by atoms with Crippen molar-refractivity contribution in [1.29, 1.82) is 0 Å². The van der Waals surface area contributed by atoms with Crippen LogP contribution in [0, 0.1) is 5.41 Å². The lowest BCUT2D eigenvalue weighted by molar-refractivity contribution is 0.194. The number of nitrogens with one attached hydrogen (secondary N) is 1. The molecule has 3 rings (SSSR count). The Hall–Kier alpha value is -0.160. The van der Waals surface area contributed by atoms with E-state index in [2.05, 4.69) is 15.2 Å². The lowest BCUT2D eigenvalue weighted by Crippen LogP contribution is -2.38. The molecule has 2 aliphatic heterocycles. The normalized spacial score (nSPS) is 24.5. The SMILES string of the molecule is Clc1cnc(CN2CCC3(CCNCC3)C2)s1. The third-order valence-electron chi connectivity index (χ3n) is 4.07. The monoisotopic (exact) mass is 271 g/mol. The second-order valence-electron chi connectivity index (χ2n) is 5.27. The van der Waals surface area contributed by atoms with E-state index in [0.717, 1.165) is 15.9 Å². The van der Waals surface area contributed by atoms with Crippen LogP contribution in [0.25, 0.3) is 0 Å². The highest BCUT2D eigenvalue weighted by atomic mass is 35.5. The Morgan fingerprint density at radius 2 is 2.24 bits per heavy atom. The first-order valence-electron chi connectivity index (χ1n) is 6.29. The Morgan fingerprint density at radius 3 is 2.94 bits per heavy atom. The Bertz CT molecular complexity index is 387. The molecule has 17 heavy (non-hydrogen) atoms. The molecule has 0 bridgehead atoms. The molecular weight excluding hydrogens is 254 g/mol. The fraction of sp³-hybridized carbons (Fsp3) is 0.750. The Labute approximate surface area is 111 Å². The molecule has 1 aromatic heterocycles. The standard InChI is InChI=1S/C12H18ClN3S/c13-10-7-15-11(17-10)8-16-6-3-12(9-16)1-4-14-5-2-12/h7,14H,1-6,8-9H2. The van der Waals surface area contributed by atoms with Gasteiger partial charge in [0.15, 0.2) is 0 Å². The number of rotatable bonds is 2. The van der Waals surface area contributed by atoms with Crippen LogP contribution >= 0.6 is 22.9 Å². The molecule has 1 aromatic rings. The van der Waals surface area contributed by atoms with E-state index in [-0.39, 0.29) is 0 Å². The zero-order valence-electron chi connectivity index (χ0n) is 9.91. The quantitative estimate of drug-likeness (QED) is 0.895. The van der Waals surface area contributed by atoms with Gasteiger partial charge in [-0.25, -0.2) is 4.98 Å². The van der Waals surface area contributed by atoms with Gasteiger partial charge >= 0.3 is 0 Å². The molecule has 5 heteroatoms. The van der Waals surface area contributed by atoms with Crippen LogP contribution in [-0.2, 0) is 6.54 Å². The number of hydrogen-bond acceptors (Lipinski definition) is 4. The van der Waals surface area contributed by atoms with E-state index in [1.807, 2.05) is 0 Å². The number of thiazole rings is 1. The van der Waals surface area contributed by atoms with Gasteiger partial charge in [0.1, 0.15) is 9.34 Å². The predicted molar refractivity (Wildman–Crippen MR) is 71.6 cm³/mol. The minimum absolute atomic E-state index is 0.590. The van der Waals surface area contributed by atoms with Crippen molar-refractivity contribution in [3.05, 3.63) is 15.5 Å². The summed E-state index contributed by atoms with van der Waals surface area (Å²) in [5.41, 5.74) is 0.590. The second kappa shape index (κ2) is 4.84. The number of hydrogen-bond donors (Lipinski definition) is 1. The van der Waals surface area contributed by atoms with Crippen molar-refractivity contribution >= 4 is 22.9 Å². The van der Waals surface area contributed by atoms with Gasteiger partial charge in [-0.2, -0.15) is 0 Å². The topological polar surface area (TPSA) is 28.2 Å². The van der Waals surface area contributed by atoms with E-state index in [0.29, 0.717) is 5.41 Å². The van der Waals surface area contributed by atoms with Crippen LogP contribution < -0.4 is 5.32 Å². The summed E-state index contributed by atoms with van der Waals surface area (Å²) in [4.78, 5) is 6.89. The van der Waals surface area contributed by atoms with Gasteiger partial charge in [0.25, 0.3) is 0 Å². The van der Waals surface area contributed by atoms with Crippen molar-refractivity contribution in [2.75, 3.05) is 26.2 Å². The molecule has 0 saturated carbocycles.